The third kappa shape index (κ3) is 1.85. The molecule has 0 fully saturated rings. The third-order valence-electron chi connectivity index (χ3n) is 1.39. The Labute approximate surface area is 64.7 Å². The first kappa shape index (κ1) is 7.88. The molecule has 3 nitrogen and oxygen atoms in total. The number of carbonyl (C=O) groups is 1. The summed E-state index contributed by atoms with van der Waals surface area (Å²) < 4.78 is 0. The number of rotatable bonds is 2. The Morgan fingerprint density at radius 2 is 2.36 bits per heavy atom. The first-order valence-corrected chi connectivity index (χ1v) is 3.31. The van der Waals surface area contributed by atoms with Crippen LogP contribution in [0.5, 0.6) is 0 Å². The summed E-state index contributed by atoms with van der Waals surface area (Å²) in [7, 11) is 0. The fraction of sp³-hybridized carbons (Fsp3) is 0.250. The maximum absolute atomic E-state index is 10.7. The molecule has 1 aromatic rings. The van der Waals surface area contributed by atoms with Gasteiger partial charge in [-0.3, -0.25) is 9.78 Å². The average molecular weight is 151 g/mol. The smallest absolute Gasteiger partial charge is 0.161 e. The van der Waals surface area contributed by atoms with Gasteiger partial charge in [0, 0.05) is 11.8 Å². The first-order valence-electron chi connectivity index (χ1n) is 3.31. The van der Waals surface area contributed by atoms with E-state index in [4.69, 9.17) is 5.11 Å². The van der Waals surface area contributed by atoms with Gasteiger partial charge in [-0.05, 0) is 19.1 Å². The van der Waals surface area contributed by atoms with Crippen LogP contribution in [0, 0.1) is 0 Å². The van der Waals surface area contributed by atoms with E-state index in [0.717, 1.165) is 0 Å². The minimum Gasteiger partial charge on any atom is -0.390 e. The molecule has 0 spiro atoms. The molecule has 0 aromatic carbocycles. The lowest BCUT2D eigenvalue weighted by Gasteiger charge is -1.95. The topological polar surface area (TPSA) is 50.2 Å². The molecule has 0 aliphatic rings. The van der Waals surface area contributed by atoms with Crippen LogP contribution in [0.3, 0.4) is 0 Å². The Morgan fingerprint density at radius 3 is 2.73 bits per heavy atom. The minimum atomic E-state index is -0.0851. The average Bonchev–Trinajstić information content (AvgIpc) is 2.05. The van der Waals surface area contributed by atoms with E-state index in [1.54, 1.807) is 12.1 Å². The molecule has 0 saturated heterocycles. The lowest BCUT2D eigenvalue weighted by Crippen LogP contribution is -1.95. The fourth-order valence-corrected chi connectivity index (χ4v) is 0.726. The van der Waals surface area contributed by atoms with E-state index in [2.05, 4.69) is 4.98 Å². The van der Waals surface area contributed by atoms with Crippen LogP contribution in [0.2, 0.25) is 0 Å². The maximum Gasteiger partial charge on any atom is 0.161 e. The second kappa shape index (κ2) is 3.25. The Kier molecular flexibility index (Phi) is 2.33. The van der Waals surface area contributed by atoms with Crippen LogP contribution in [0.25, 0.3) is 0 Å². The van der Waals surface area contributed by atoms with Crippen molar-refractivity contribution < 1.29 is 9.90 Å². The Balaban J connectivity index is 2.91. The SMILES string of the molecule is CC(=O)c1ccc(CO)nc1. The summed E-state index contributed by atoms with van der Waals surface area (Å²) in [5.41, 5.74) is 1.15. The molecule has 0 radical (unpaired) electrons. The number of hydrogen-bond donors (Lipinski definition) is 1. The number of aliphatic hydroxyl groups excluding tert-OH is 1. The first-order chi connectivity index (χ1) is 5.24. The van der Waals surface area contributed by atoms with Gasteiger partial charge < -0.3 is 5.11 Å². The van der Waals surface area contributed by atoms with Gasteiger partial charge in [0.05, 0.1) is 12.3 Å². The summed E-state index contributed by atoms with van der Waals surface area (Å²) in [5, 5.41) is 8.62. The molecule has 0 amide bonds. The van der Waals surface area contributed by atoms with Crippen molar-refractivity contribution in [2.75, 3.05) is 0 Å². The van der Waals surface area contributed by atoms with Crippen molar-refractivity contribution in [2.45, 2.75) is 13.5 Å². The van der Waals surface area contributed by atoms with Gasteiger partial charge >= 0.3 is 0 Å². The highest BCUT2D eigenvalue weighted by Gasteiger charge is 1.98. The van der Waals surface area contributed by atoms with Gasteiger partial charge in [-0.1, -0.05) is 0 Å². The number of carbonyl (C=O) groups excluding carboxylic acids is 1. The quantitative estimate of drug-likeness (QED) is 0.635. The summed E-state index contributed by atoms with van der Waals surface area (Å²) in [6, 6.07) is 3.29. The minimum absolute atomic E-state index is 0.0120. The second-order valence-electron chi connectivity index (χ2n) is 2.25. The van der Waals surface area contributed by atoms with Gasteiger partial charge in [0.15, 0.2) is 5.78 Å². The summed E-state index contributed by atoms with van der Waals surface area (Å²) in [4.78, 5) is 14.6. The molecule has 1 N–H and O–H groups in total. The van der Waals surface area contributed by atoms with E-state index in [1.165, 1.54) is 13.1 Å². The number of pyridine rings is 1. The molecule has 0 bridgehead atoms. The van der Waals surface area contributed by atoms with Crippen LogP contribution in [0.15, 0.2) is 18.3 Å². The Hall–Kier alpha value is -1.22. The van der Waals surface area contributed by atoms with Crippen molar-refractivity contribution in [3.8, 4) is 0 Å². The molecular weight excluding hydrogens is 142 g/mol. The summed E-state index contributed by atoms with van der Waals surface area (Å²) in [6.45, 7) is 1.40. The van der Waals surface area contributed by atoms with Crippen LogP contribution < -0.4 is 0 Å². The van der Waals surface area contributed by atoms with Crippen molar-refractivity contribution in [1.82, 2.24) is 4.98 Å². The molecular formula is C8H9NO2. The van der Waals surface area contributed by atoms with Gasteiger partial charge in [-0.25, -0.2) is 0 Å². The van der Waals surface area contributed by atoms with Crippen LogP contribution in [0.1, 0.15) is 23.0 Å². The fourth-order valence-electron chi connectivity index (χ4n) is 0.726. The molecule has 0 aliphatic heterocycles. The molecule has 1 aromatic heterocycles. The monoisotopic (exact) mass is 151 g/mol. The molecule has 1 rings (SSSR count). The molecule has 58 valence electrons. The molecule has 0 aliphatic carbocycles. The highest BCUT2D eigenvalue weighted by Crippen LogP contribution is 2.00. The van der Waals surface area contributed by atoms with E-state index in [1.807, 2.05) is 0 Å². The molecule has 0 atom stereocenters. The maximum atomic E-state index is 10.7. The van der Waals surface area contributed by atoms with Crippen molar-refractivity contribution in [1.29, 1.82) is 0 Å². The number of hydrogen-bond acceptors (Lipinski definition) is 3. The predicted octanol–water partition coefficient (Wildman–Crippen LogP) is 0.776. The van der Waals surface area contributed by atoms with Gasteiger partial charge in [-0.15, -0.1) is 0 Å². The molecule has 0 saturated carbocycles. The van der Waals surface area contributed by atoms with Crippen LogP contribution in [-0.4, -0.2) is 15.9 Å². The second-order valence-corrected chi connectivity index (χ2v) is 2.25. The molecule has 1 heterocycles. The predicted molar refractivity (Wildman–Crippen MR) is 40.2 cm³/mol. The number of aromatic nitrogens is 1. The van der Waals surface area contributed by atoms with Crippen molar-refractivity contribution in [3.63, 3.8) is 0 Å². The largest absolute Gasteiger partial charge is 0.390 e. The third-order valence-corrected chi connectivity index (χ3v) is 1.39. The van der Waals surface area contributed by atoms with Crippen LogP contribution >= 0.6 is 0 Å². The van der Waals surface area contributed by atoms with Crippen molar-refractivity contribution >= 4 is 5.78 Å². The molecule has 11 heavy (non-hydrogen) atoms. The highest BCUT2D eigenvalue weighted by atomic mass is 16.3. The summed E-state index contributed by atoms with van der Waals surface area (Å²) in [5.74, 6) is -0.0120. The molecule has 0 unspecified atom stereocenters. The number of nitrogens with zero attached hydrogens (tertiary/aromatic N) is 1. The van der Waals surface area contributed by atoms with Crippen LogP contribution in [0.4, 0.5) is 0 Å². The van der Waals surface area contributed by atoms with Gasteiger partial charge in [-0.2, -0.15) is 0 Å². The highest BCUT2D eigenvalue weighted by molar-refractivity contribution is 5.93. The molecule has 3 heteroatoms. The summed E-state index contributed by atoms with van der Waals surface area (Å²) in [6.07, 6.45) is 1.47. The van der Waals surface area contributed by atoms with E-state index >= 15 is 0 Å². The van der Waals surface area contributed by atoms with E-state index < -0.39 is 0 Å². The van der Waals surface area contributed by atoms with Gasteiger partial charge in [0.25, 0.3) is 0 Å². The summed E-state index contributed by atoms with van der Waals surface area (Å²) >= 11 is 0. The Morgan fingerprint density at radius 1 is 1.64 bits per heavy atom. The lowest BCUT2D eigenvalue weighted by atomic mass is 10.2. The number of aliphatic hydroxyl groups is 1. The Bertz CT molecular complexity index is 253. The zero-order chi connectivity index (χ0) is 8.27. The lowest BCUT2D eigenvalue weighted by molar-refractivity contribution is 0.101. The van der Waals surface area contributed by atoms with E-state index in [9.17, 15) is 4.79 Å². The standard InChI is InChI=1S/C8H9NO2/c1-6(11)7-2-3-8(5-10)9-4-7/h2-4,10H,5H2,1H3. The zero-order valence-corrected chi connectivity index (χ0v) is 6.24. The number of Topliss-reactive ketones (excluding diaryl/α,β-unsaturated/α-hetero) is 1. The van der Waals surface area contributed by atoms with Crippen molar-refractivity contribution in [2.24, 2.45) is 0 Å². The van der Waals surface area contributed by atoms with Gasteiger partial charge in [0.1, 0.15) is 0 Å². The normalized spacial score (nSPS) is 9.64. The van der Waals surface area contributed by atoms with Crippen LogP contribution in [-0.2, 0) is 6.61 Å². The van der Waals surface area contributed by atoms with Gasteiger partial charge in [0.2, 0.25) is 0 Å². The van der Waals surface area contributed by atoms with Crippen molar-refractivity contribution in [3.05, 3.63) is 29.6 Å². The van der Waals surface area contributed by atoms with E-state index in [0.29, 0.717) is 11.3 Å². The zero-order valence-electron chi connectivity index (χ0n) is 6.24. The number of ketones is 1. The van der Waals surface area contributed by atoms with E-state index in [-0.39, 0.29) is 12.4 Å².